The zero-order valence-corrected chi connectivity index (χ0v) is 17.3. The Labute approximate surface area is 177 Å². The lowest BCUT2D eigenvalue weighted by Gasteiger charge is -2.50. The van der Waals surface area contributed by atoms with E-state index in [0.29, 0.717) is 24.9 Å². The van der Waals surface area contributed by atoms with Crippen molar-refractivity contribution in [2.75, 3.05) is 13.7 Å². The third-order valence-corrected chi connectivity index (χ3v) is 7.29. The molecule has 3 aliphatic rings. The van der Waals surface area contributed by atoms with Crippen molar-refractivity contribution in [1.29, 1.82) is 5.26 Å². The minimum absolute atomic E-state index is 0.0260. The largest absolute Gasteiger partial charge is 0.449 e. The molecule has 1 amide bonds. The van der Waals surface area contributed by atoms with E-state index >= 15 is 0 Å². The van der Waals surface area contributed by atoms with E-state index in [2.05, 4.69) is 47.6 Å². The van der Waals surface area contributed by atoms with Crippen molar-refractivity contribution in [2.24, 2.45) is 0 Å². The summed E-state index contributed by atoms with van der Waals surface area (Å²) in [4.78, 5) is 15.1. The fourth-order valence-corrected chi connectivity index (χ4v) is 5.73. The summed E-state index contributed by atoms with van der Waals surface area (Å²) in [6.45, 7) is 0.272. The Kier molecular flexibility index (Phi) is 4.75. The molecule has 30 heavy (non-hydrogen) atoms. The fourth-order valence-electron chi connectivity index (χ4n) is 5.73. The Morgan fingerprint density at radius 2 is 1.67 bits per heavy atom. The molecule has 0 radical (unpaired) electrons. The topological polar surface area (TPSA) is 65.4 Å². The first-order chi connectivity index (χ1) is 14.6. The molecule has 2 unspecified atom stereocenters. The number of hydrogen-bond donors (Lipinski definition) is 1. The van der Waals surface area contributed by atoms with Gasteiger partial charge in [-0.05, 0) is 55.0 Å². The Morgan fingerprint density at radius 3 is 2.23 bits per heavy atom. The average molecular weight is 402 g/mol. The Morgan fingerprint density at radius 1 is 1.10 bits per heavy atom. The molecule has 154 valence electrons. The van der Waals surface area contributed by atoms with Crippen molar-refractivity contribution in [1.82, 2.24) is 10.2 Å². The van der Waals surface area contributed by atoms with E-state index in [-0.39, 0.29) is 12.5 Å². The number of piperidine rings is 2. The van der Waals surface area contributed by atoms with Gasteiger partial charge in [0.1, 0.15) is 12.1 Å². The summed E-state index contributed by atoms with van der Waals surface area (Å²) in [7, 11) is 2.14. The van der Waals surface area contributed by atoms with Crippen LogP contribution in [0.25, 0.3) is 11.1 Å². The SMILES string of the molecule is CN1C2CCCC1CC(C#N)(NC(=O)OCC1c3ccccc3-c3ccccc31)C2. The van der Waals surface area contributed by atoms with Crippen LogP contribution in [0.15, 0.2) is 48.5 Å². The highest BCUT2D eigenvalue weighted by Crippen LogP contribution is 2.44. The minimum Gasteiger partial charge on any atom is -0.449 e. The van der Waals surface area contributed by atoms with Gasteiger partial charge in [0.15, 0.2) is 0 Å². The Hall–Kier alpha value is -2.84. The lowest BCUT2D eigenvalue weighted by molar-refractivity contribution is 0.0270. The number of nitrogens with zero attached hydrogens (tertiary/aromatic N) is 2. The first kappa shape index (κ1) is 19.1. The number of fused-ring (bicyclic) bond motifs is 5. The second-order valence-electron chi connectivity index (χ2n) is 8.96. The Bertz CT molecular complexity index is 952. The van der Waals surface area contributed by atoms with Gasteiger partial charge in [-0.2, -0.15) is 5.26 Å². The minimum atomic E-state index is -0.829. The number of nitriles is 1. The highest BCUT2D eigenvalue weighted by molar-refractivity contribution is 5.79. The Balaban J connectivity index is 1.29. The molecule has 0 spiro atoms. The van der Waals surface area contributed by atoms with Gasteiger partial charge in [0.2, 0.25) is 0 Å². The van der Waals surface area contributed by atoms with Crippen LogP contribution in [0, 0.1) is 11.3 Å². The van der Waals surface area contributed by atoms with Crippen LogP contribution < -0.4 is 5.32 Å². The van der Waals surface area contributed by atoms with E-state index in [1.165, 1.54) is 28.7 Å². The van der Waals surface area contributed by atoms with E-state index in [9.17, 15) is 10.1 Å². The quantitative estimate of drug-likeness (QED) is 0.826. The van der Waals surface area contributed by atoms with Crippen molar-refractivity contribution in [3.8, 4) is 17.2 Å². The van der Waals surface area contributed by atoms with Crippen molar-refractivity contribution in [3.05, 3.63) is 59.7 Å². The third-order valence-electron chi connectivity index (χ3n) is 7.29. The van der Waals surface area contributed by atoms with Gasteiger partial charge in [0.25, 0.3) is 0 Å². The van der Waals surface area contributed by atoms with Gasteiger partial charge >= 0.3 is 6.09 Å². The summed E-state index contributed by atoms with van der Waals surface area (Å²) in [6, 6.07) is 19.7. The van der Waals surface area contributed by atoms with Crippen LogP contribution in [0.3, 0.4) is 0 Å². The van der Waals surface area contributed by atoms with Gasteiger partial charge in [0, 0.05) is 18.0 Å². The summed E-state index contributed by atoms with van der Waals surface area (Å²) >= 11 is 0. The van der Waals surface area contributed by atoms with Crippen molar-refractivity contribution in [3.63, 3.8) is 0 Å². The van der Waals surface area contributed by atoms with Crippen molar-refractivity contribution < 1.29 is 9.53 Å². The molecule has 1 N–H and O–H groups in total. The van der Waals surface area contributed by atoms with Crippen LogP contribution in [0.4, 0.5) is 4.79 Å². The first-order valence-electron chi connectivity index (χ1n) is 10.9. The zero-order valence-electron chi connectivity index (χ0n) is 17.3. The second kappa shape index (κ2) is 7.45. The van der Waals surface area contributed by atoms with Crippen LogP contribution in [-0.4, -0.2) is 42.3 Å². The summed E-state index contributed by atoms with van der Waals surface area (Å²) in [5, 5.41) is 12.9. The molecule has 2 aromatic rings. The van der Waals surface area contributed by atoms with Gasteiger partial charge < -0.3 is 15.0 Å². The molecule has 5 rings (SSSR count). The van der Waals surface area contributed by atoms with Gasteiger partial charge in [-0.3, -0.25) is 0 Å². The molecular formula is C25H27N3O2. The van der Waals surface area contributed by atoms with Crippen molar-refractivity contribution >= 4 is 6.09 Å². The van der Waals surface area contributed by atoms with Crippen LogP contribution >= 0.6 is 0 Å². The molecule has 2 bridgehead atoms. The van der Waals surface area contributed by atoms with Crippen LogP contribution in [0.1, 0.15) is 49.1 Å². The van der Waals surface area contributed by atoms with Crippen LogP contribution in [0.2, 0.25) is 0 Å². The molecule has 2 aromatic carbocycles. The zero-order chi connectivity index (χ0) is 20.7. The highest BCUT2D eigenvalue weighted by atomic mass is 16.5. The van der Waals surface area contributed by atoms with E-state index in [1.54, 1.807) is 0 Å². The number of ether oxygens (including phenoxy) is 1. The monoisotopic (exact) mass is 401 g/mol. The molecule has 1 aliphatic carbocycles. The van der Waals surface area contributed by atoms with E-state index in [4.69, 9.17) is 4.74 Å². The summed E-state index contributed by atoms with van der Waals surface area (Å²) in [6.07, 6.45) is 4.22. The lowest BCUT2D eigenvalue weighted by Crippen LogP contribution is -2.62. The molecule has 2 fully saturated rings. The summed E-state index contributed by atoms with van der Waals surface area (Å²) in [5.41, 5.74) is 3.97. The normalized spacial score (nSPS) is 27.6. The third kappa shape index (κ3) is 3.16. The number of rotatable bonds is 3. The predicted octanol–water partition coefficient (Wildman–Crippen LogP) is 4.43. The van der Waals surface area contributed by atoms with Crippen LogP contribution in [0.5, 0.6) is 0 Å². The molecule has 0 aromatic heterocycles. The maximum Gasteiger partial charge on any atom is 0.408 e. The molecule has 2 heterocycles. The average Bonchev–Trinajstić information content (AvgIpc) is 3.07. The van der Waals surface area contributed by atoms with Gasteiger partial charge in [-0.15, -0.1) is 0 Å². The molecule has 2 aliphatic heterocycles. The van der Waals surface area contributed by atoms with Gasteiger partial charge in [-0.1, -0.05) is 55.0 Å². The smallest absolute Gasteiger partial charge is 0.408 e. The maximum atomic E-state index is 12.8. The standard InChI is InChI=1S/C25H27N3O2/c1-28-17-7-6-8-18(28)14-25(13-17,16-26)27-24(29)30-15-23-21-11-4-2-9-19(21)20-10-3-5-12-22(20)23/h2-5,9-12,17-18,23H,6-8,13-15H2,1H3,(H,27,29). The molecule has 5 nitrogen and oxygen atoms in total. The molecule has 0 saturated carbocycles. The van der Waals surface area contributed by atoms with Crippen molar-refractivity contribution in [2.45, 2.75) is 55.6 Å². The van der Waals surface area contributed by atoms with Gasteiger partial charge in [0.05, 0.1) is 6.07 Å². The fraction of sp³-hybridized carbons (Fsp3) is 0.440. The molecular weight excluding hydrogens is 374 g/mol. The molecule has 2 atom stereocenters. The van der Waals surface area contributed by atoms with Gasteiger partial charge in [-0.25, -0.2) is 4.79 Å². The summed E-state index contributed by atoms with van der Waals surface area (Å²) < 4.78 is 5.70. The van der Waals surface area contributed by atoms with E-state index in [0.717, 1.165) is 12.8 Å². The lowest BCUT2D eigenvalue weighted by atomic mass is 9.74. The number of hydrogen-bond acceptors (Lipinski definition) is 4. The molecule has 5 heteroatoms. The number of carbonyl (C=O) groups excluding carboxylic acids is 1. The second-order valence-corrected chi connectivity index (χ2v) is 8.96. The van der Waals surface area contributed by atoms with E-state index in [1.807, 2.05) is 24.3 Å². The van der Waals surface area contributed by atoms with Crippen LogP contribution in [-0.2, 0) is 4.74 Å². The van der Waals surface area contributed by atoms with E-state index < -0.39 is 11.6 Å². The molecule has 2 saturated heterocycles. The predicted molar refractivity (Wildman–Crippen MR) is 115 cm³/mol. The highest BCUT2D eigenvalue weighted by Gasteiger charge is 2.46. The summed E-state index contributed by atoms with van der Waals surface area (Å²) in [5.74, 6) is 0.0260. The number of alkyl carbamates (subject to hydrolysis) is 1. The number of amides is 1. The number of carbonyl (C=O) groups is 1. The maximum absolute atomic E-state index is 12.8. The first-order valence-corrected chi connectivity index (χ1v) is 10.9. The number of benzene rings is 2. The number of nitrogens with one attached hydrogen (secondary N) is 1.